The van der Waals surface area contributed by atoms with E-state index in [2.05, 4.69) is 5.32 Å². The highest BCUT2D eigenvalue weighted by Gasteiger charge is 2.27. The maximum absolute atomic E-state index is 12.9. The maximum atomic E-state index is 12.9. The molecular formula is C22H27ClN2O3. The lowest BCUT2D eigenvalue weighted by molar-refractivity contribution is -0.142. The molecule has 2 aromatic carbocycles. The number of carbonyl (C=O) groups is 2. The van der Waals surface area contributed by atoms with Crippen LogP contribution < -0.4 is 10.1 Å². The predicted octanol–water partition coefficient (Wildman–Crippen LogP) is 3.91. The molecule has 0 aromatic heterocycles. The molecule has 0 heterocycles. The number of carbonyl (C=O) groups excluding carboxylic acids is 2. The van der Waals surface area contributed by atoms with E-state index in [9.17, 15) is 9.59 Å². The topological polar surface area (TPSA) is 58.6 Å². The molecule has 5 nitrogen and oxygen atoms in total. The number of benzene rings is 2. The van der Waals surface area contributed by atoms with Crippen molar-refractivity contribution < 1.29 is 14.3 Å². The highest BCUT2D eigenvalue weighted by atomic mass is 35.5. The van der Waals surface area contributed by atoms with Gasteiger partial charge in [0.05, 0.1) is 0 Å². The summed E-state index contributed by atoms with van der Waals surface area (Å²) in [6, 6.07) is 15.8. The van der Waals surface area contributed by atoms with Gasteiger partial charge in [0.1, 0.15) is 11.8 Å². The van der Waals surface area contributed by atoms with Crippen LogP contribution >= 0.6 is 11.6 Å². The number of halogens is 1. The van der Waals surface area contributed by atoms with Gasteiger partial charge in [-0.2, -0.15) is 0 Å². The SMILES string of the molecule is CC(C)CNC(=O)[C@H](C)N(Cc1ccccc1Cl)C(=O)COc1ccccc1. The van der Waals surface area contributed by atoms with Crippen molar-refractivity contribution in [2.45, 2.75) is 33.4 Å². The molecule has 0 unspecified atom stereocenters. The minimum Gasteiger partial charge on any atom is -0.484 e. The predicted molar refractivity (Wildman–Crippen MR) is 111 cm³/mol. The van der Waals surface area contributed by atoms with E-state index in [1.165, 1.54) is 4.90 Å². The number of ether oxygens (including phenoxy) is 1. The van der Waals surface area contributed by atoms with Crippen LogP contribution in [-0.2, 0) is 16.1 Å². The summed E-state index contributed by atoms with van der Waals surface area (Å²) >= 11 is 6.26. The second kappa shape index (κ2) is 10.7. The molecule has 0 aliphatic rings. The number of para-hydroxylation sites is 1. The number of nitrogens with one attached hydrogen (secondary N) is 1. The zero-order valence-electron chi connectivity index (χ0n) is 16.5. The minimum atomic E-state index is -0.651. The first-order valence-corrected chi connectivity index (χ1v) is 9.74. The Kier molecular flexibility index (Phi) is 8.33. The van der Waals surface area contributed by atoms with Crippen molar-refractivity contribution in [3.05, 3.63) is 65.2 Å². The summed E-state index contributed by atoms with van der Waals surface area (Å²) in [6.45, 7) is 6.38. The Labute approximate surface area is 171 Å². The average molecular weight is 403 g/mol. The average Bonchev–Trinajstić information content (AvgIpc) is 2.69. The molecule has 2 aromatic rings. The third-order valence-corrected chi connectivity index (χ3v) is 4.62. The Balaban J connectivity index is 2.13. The molecule has 0 saturated carbocycles. The van der Waals surface area contributed by atoms with E-state index in [-0.39, 0.29) is 25.0 Å². The van der Waals surface area contributed by atoms with Gasteiger partial charge in [-0.3, -0.25) is 9.59 Å². The first kappa shape index (κ1) is 21.8. The summed E-state index contributed by atoms with van der Waals surface area (Å²) in [5.41, 5.74) is 0.778. The zero-order chi connectivity index (χ0) is 20.5. The van der Waals surface area contributed by atoms with E-state index < -0.39 is 6.04 Å². The van der Waals surface area contributed by atoms with Crippen molar-refractivity contribution in [3.63, 3.8) is 0 Å². The van der Waals surface area contributed by atoms with Crippen molar-refractivity contribution in [1.29, 1.82) is 0 Å². The lowest BCUT2D eigenvalue weighted by Gasteiger charge is -2.29. The molecule has 0 aliphatic carbocycles. The Morgan fingerprint density at radius 3 is 2.32 bits per heavy atom. The van der Waals surface area contributed by atoms with E-state index in [0.717, 1.165) is 5.56 Å². The van der Waals surface area contributed by atoms with E-state index in [1.54, 1.807) is 25.1 Å². The normalized spacial score (nSPS) is 11.8. The van der Waals surface area contributed by atoms with Crippen molar-refractivity contribution in [3.8, 4) is 5.75 Å². The minimum absolute atomic E-state index is 0.156. The summed E-state index contributed by atoms with van der Waals surface area (Å²) in [5.74, 6) is 0.445. The molecule has 0 bridgehead atoms. The van der Waals surface area contributed by atoms with Gasteiger partial charge in [0.25, 0.3) is 5.91 Å². The van der Waals surface area contributed by atoms with Gasteiger partial charge >= 0.3 is 0 Å². The van der Waals surface area contributed by atoms with Gasteiger partial charge in [0.2, 0.25) is 5.91 Å². The Morgan fingerprint density at radius 2 is 1.68 bits per heavy atom. The fraction of sp³-hybridized carbons (Fsp3) is 0.364. The van der Waals surface area contributed by atoms with E-state index in [1.807, 2.05) is 50.2 Å². The molecule has 0 fully saturated rings. The van der Waals surface area contributed by atoms with Crippen LogP contribution in [0, 0.1) is 5.92 Å². The maximum Gasteiger partial charge on any atom is 0.261 e. The first-order valence-electron chi connectivity index (χ1n) is 9.37. The molecular weight excluding hydrogens is 376 g/mol. The molecule has 1 atom stereocenters. The van der Waals surface area contributed by atoms with E-state index >= 15 is 0 Å². The van der Waals surface area contributed by atoms with Crippen LogP contribution in [0.3, 0.4) is 0 Å². The number of amides is 2. The van der Waals surface area contributed by atoms with Gasteiger partial charge in [0.15, 0.2) is 6.61 Å². The van der Waals surface area contributed by atoms with Gasteiger partial charge in [-0.1, -0.05) is 61.8 Å². The molecule has 150 valence electrons. The van der Waals surface area contributed by atoms with Gasteiger partial charge in [-0.05, 0) is 36.6 Å². The fourth-order valence-electron chi connectivity index (χ4n) is 2.59. The Bertz CT molecular complexity index is 780. The monoisotopic (exact) mass is 402 g/mol. The smallest absolute Gasteiger partial charge is 0.261 e. The van der Waals surface area contributed by atoms with Gasteiger partial charge in [-0.25, -0.2) is 0 Å². The van der Waals surface area contributed by atoms with Crippen molar-refractivity contribution in [1.82, 2.24) is 10.2 Å². The van der Waals surface area contributed by atoms with E-state index in [0.29, 0.717) is 23.2 Å². The van der Waals surface area contributed by atoms with Crippen LogP contribution in [0.2, 0.25) is 5.02 Å². The lowest BCUT2D eigenvalue weighted by Crippen LogP contribution is -2.49. The quantitative estimate of drug-likeness (QED) is 0.691. The third kappa shape index (κ3) is 6.57. The van der Waals surface area contributed by atoms with Crippen LogP contribution in [0.5, 0.6) is 5.75 Å². The molecule has 2 amide bonds. The summed E-state index contributed by atoms with van der Waals surface area (Å²) < 4.78 is 5.59. The van der Waals surface area contributed by atoms with Gasteiger partial charge in [0, 0.05) is 18.1 Å². The zero-order valence-corrected chi connectivity index (χ0v) is 17.3. The van der Waals surface area contributed by atoms with Crippen LogP contribution in [0.25, 0.3) is 0 Å². The number of hydrogen-bond donors (Lipinski definition) is 1. The first-order chi connectivity index (χ1) is 13.4. The second-order valence-corrected chi connectivity index (χ2v) is 7.44. The highest BCUT2D eigenvalue weighted by molar-refractivity contribution is 6.31. The van der Waals surface area contributed by atoms with Gasteiger partial charge < -0.3 is 15.0 Å². The number of nitrogens with zero attached hydrogens (tertiary/aromatic N) is 1. The van der Waals surface area contributed by atoms with Crippen molar-refractivity contribution in [2.75, 3.05) is 13.2 Å². The van der Waals surface area contributed by atoms with Crippen molar-refractivity contribution in [2.24, 2.45) is 5.92 Å². The fourth-order valence-corrected chi connectivity index (χ4v) is 2.79. The number of rotatable bonds is 9. The number of hydrogen-bond acceptors (Lipinski definition) is 3. The van der Waals surface area contributed by atoms with Gasteiger partial charge in [-0.15, -0.1) is 0 Å². The highest BCUT2D eigenvalue weighted by Crippen LogP contribution is 2.19. The largest absolute Gasteiger partial charge is 0.484 e. The molecule has 0 aliphatic heterocycles. The molecule has 0 saturated heterocycles. The van der Waals surface area contributed by atoms with Crippen LogP contribution in [0.15, 0.2) is 54.6 Å². The Hall–Kier alpha value is -2.53. The summed E-state index contributed by atoms with van der Waals surface area (Å²) in [7, 11) is 0. The Morgan fingerprint density at radius 1 is 1.04 bits per heavy atom. The summed E-state index contributed by atoms with van der Waals surface area (Å²) in [5, 5.41) is 3.44. The summed E-state index contributed by atoms with van der Waals surface area (Å²) in [6.07, 6.45) is 0. The molecule has 6 heteroatoms. The summed E-state index contributed by atoms with van der Waals surface area (Å²) in [4.78, 5) is 27.0. The second-order valence-electron chi connectivity index (χ2n) is 7.03. The molecule has 1 N–H and O–H groups in total. The molecule has 2 rings (SSSR count). The van der Waals surface area contributed by atoms with Crippen LogP contribution in [0.1, 0.15) is 26.3 Å². The molecule has 28 heavy (non-hydrogen) atoms. The standard InChI is InChI=1S/C22H27ClN2O3/c1-16(2)13-24-22(27)17(3)25(14-18-9-7-8-12-20(18)23)21(26)15-28-19-10-5-4-6-11-19/h4-12,16-17H,13-15H2,1-3H3,(H,24,27)/t17-/m0/s1. The molecule has 0 radical (unpaired) electrons. The van der Waals surface area contributed by atoms with Crippen molar-refractivity contribution >= 4 is 23.4 Å². The van der Waals surface area contributed by atoms with Crippen LogP contribution in [-0.4, -0.2) is 35.9 Å². The molecule has 0 spiro atoms. The lowest BCUT2D eigenvalue weighted by atomic mass is 10.1. The third-order valence-electron chi connectivity index (χ3n) is 4.26. The van der Waals surface area contributed by atoms with E-state index in [4.69, 9.17) is 16.3 Å². The van der Waals surface area contributed by atoms with Crippen LogP contribution in [0.4, 0.5) is 0 Å².